The third-order valence-electron chi connectivity index (χ3n) is 8.20. The first-order valence-corrected chi connectivity index (χ1v) is 14.2. The van der Waals surface area contributed by atoms with Gasteiger partial charge in [-0.2, -0.15) is 4.98 Å². The standard InChI is InChI=1S/C31H35N9O3/c1-5-12-32-30(42)24-15-33-31(34-20-6-8-21(9-7-20)40-17-22-14-23(18-40)39(22)3)37-29(24)36-26-11-10-25-28(35-26)19(16-38(25)2)13-27(41)43-4/h5-11,15-16,22-23H,1,12-14,17-18H2,2-4H3,(H,32,42)(H2,33,34,35,36,37). The monoisotopic (exact) mass is 581 g/mol. The molecule has 0 aliphatic carbocycles. The number of ether oxygens (including phenoxy) is 1. The molecule has 1 amide bonds. The summed E-state index contributed by atoms with van der Waals surface area (Å²) in [6.45, 7) is 6.05. The number of likely N-dealkylation sites (N-methyl/N-ethyl adjacent to an activating group) is 1. The van der Waals surface area contributed by atoms with Crippen LogP contribution in [0.5, 0.6) is 0 Å². The molecule has 0 spiro atoms. The first kappa shape index (κ1) is 28.2. The number of amides is 1. The van der Waals surface area contributed by atoms with E-state index in [-0.39, 0.29) is 29.7 Å². The van der Waals surface area contributed by atoms with Crippen LogP contribution in [0.4, 0.5) is 29.0 Å². The van der Waals surface area contributed by atoms with Crippen LogP contribution in [-0.2, 0) is 23.0 Å². The smallest absolute Gasteiger partial charge is 0.310 e. The van der Waals surface area contributed by atoms with Gasteiger partial charge < -0.3 is 30.2 Å². The van der Waals surface area contributed by atoms with E-state index < -0.39 is 0 Å². The van der Waals surface area contributed by atoms with Crippen molar-refractivity contribution in [3.05, 3.63) is 72.6 Å². The van der Waals surface area contributed by atoms with E-state index in [4.69, 9.17) is 9.72 Å². The zero-order valence-electron chi connectivity index (χ0n) is 24.5. The molecule has 0 radical (unpaired) electrons. The maximum Gasteiger partial charge on any atom is 0.310 e. The Bertz CT molecular complexity index is 1670. The van der Waals surface area contributed by atoms with Crippen LogP contribution in [0.2, 0.25) is 0 Å². The lowest BCUT2D eigenvalue weighted by Gasteiger charge is -2.55. The van der Waals surface area contributed by atoms with E-state index in [1.807, 2.05) is 36.0 Å². The molecule has 3 aromatic heterocycles. The second-order valence-corrected chi connectivity index (χ2v) is 10.9. The first-order valence-electron chi connectivity index (χ1n) is 14.2. The van der Waals surface area contributed by atoms with Crippen molar-refractivity contribution < 1.29 is 14.3 Å². The van der Waals surface area contributed by atoms with Crippen LogP contribution in [0.3, 0.4) is 0 Å². The third-order valence-corrected chi connectivity index (χ3v) is 8.20. The van der Waals surface area contributed by atoms with Gasteiger partial charge in [0.2, 0.25) is 5.95 Å². The maximum atomic E-state index is 13.0. The minimum absolute atomic E-state index is 0.0931. The predicted molar refractivity (Wildman–Crippen MR) is 166 cm³/mol. The van der Waals surface area contributed by atoms with E-state index in [0.29, 0.717) is 35.9 Å². The summed E-state index contributed by atoms with van der Waals surface area (Å²) in [6.07, 6.45) is 6.31. The number of nitrogens with one attached hydrogen (secondary N) is 3. The van der Waals surface area contributed by atoms with E-state index in [0.717, 1.165) is 29.9 Å². The van der Waals surface area contributed by atoms with Gasteiger partial charge in [-0.05, 0) is 49.9 Å². The summed E-state index contributed by atoms with van der Waals surface area (Å²) < 4.78 is 6.76. The summed E-state index contributed by atoms with van der Waals surface area (Å²) in [5.74, 6) is 0.360. The highest BCUT2D eigenvalue weighted by Gasteiger charge is 2.42. The third kappa shape index (κ3) is 5.73. The second kappa shape index (κ2) is 11.7. The molecule has 1 aromatic carbocycles. The van der Waals surface area contributed by atoms with Gasteiger partial charge in [-0.15, -0.1) is 6.58 Å². The van der Waals surface area contributed by atoms with Crippen molar-refractivity contribution in [3.8, 4) is 0 Å². The van der Waals surface area contributed by atoms with Crippen molar-refractivity contribution in [2.45, 2.75) is 24.9 Å². The molecule has 3 saturated heterocycles. The minimum Gasteiger partial charge on any atom is -0.469 e. The largest absolute Gasteiger partial charge is 0.469 e. The van der Waals surface area contributed by atoms with Gasteiger partial charge >= 0.3 is 5.97 Å². The van der Waals surface area contributed by atoms with Crippen molar-refractivity contribution >= 4 is 51.9 Å². The molecule has 3 fully saturated rings. The number of hydrogen-bond donors (Lipinski definition) is 3. The van der Waals surface area contributed by atoms with Gasteiger partial charge in [0, 0.05) is 68.1 Å². The average Bonchev–Trinajstić information content (AvgIpc) is 3.33. The van der Waals surface area contributed by atoms with Gasteiger partial charge in [-0.25, -0.2) is 9.97 Å². The molecule has 12 nitrogen and oxygen atoms in total. The Balaban J connectivity index is 1.25. The molecule has 12 heteroatoms. The van der Waals surface area contributed by atoms with E-state index in [2.05, 4.69) is 61.5 Å². The van der Waals surface area contributed by atoms with Crippen LogP contribution in [0.25, 0.3) is 11.0 Å². The summed E-state index contributed by atoms with van der Waals surface area (Å²) in [5, 5.41) is 9.22. The Kier molecular flexibility index (Phi) is 7.68. The van der Waals surface area contributed by atoms with Gasteiger partial charge in [0.1, 0.15) is 17.2 Å². The molecule has 4 aromatic rings. The zero-order valence-corrected chi connectivity index (χ0v) is 24.5. The van der Waals surface area contributed by atoms with E-state index >= 15 is 0 Å². The molecule has 3 N–H and O–H groups in total. The van der Waals surface area contributed by atoms with Gasteiger partial charge in [-0.1, -0.05) is 6.08 Å². The average molecular weight is 582 g/mol. The quantitative estimate of drug-likeness (QED) is 0.189. The topological polar surface area (TPSA) is 130 Å². The molecule has 2 bridgehead atoms. The number of pyridine rings is 1. The highest BCUT2D eigenvalue weighted by atomic mass is 16.5. The van der Waals surface area contributed by atoms with Gasteiger partial charge in [0.15, 0.2) is 0 Å². The van der Waals surface area contributed by atoms with Crippen LogP contribution in [0.15, 0.2) is 61.4 Å². The normalized spacial score (nSPS) is 17.7. The SMILES string of the molecule is C=CCNC(=O)c1cnc(Nc2ccc(N3CC4CC(C3)N4C)cc2)nc1Nc1ccc2c(n1)c(CC(=O)OC)cn2C. The summed E-state index contributed by atoms with van der Waals surface area (Å²) in [5.41, 5.74) is 4.52. The molecule has 3 aliphatic heterocycles. The Hall–Kier alpha value is -4.97. The Morgan fingerprint density at radius 3 is 2.53 bits per heavy atom. The van der Waals surface area contributed by atoms with E-state index in [1.54, 1.807) is 12.1 Å². The molecule has 3 aliphatic rings. The molecular formula is C31H35N9O3. The van der Waals surface area contributed by atoms with Crippen LogP contribution in [0, 0.1) is 0 Å². The predicted octanol–water partition coefficient (Wildman–Crippen LogP) is 3.37. The first-order chi connectivity index (χ1) is 20.8. The number of nitrogens with zero attached hydrogens (tertiary/aromatic N) is 6. The second-order valence-electron chi connectivity index (χ2n) is 10.9. The Morgan fingerprint density at radius 1 is 1.07 bits per heavy atom. The van der Waals surface area contributed by atoms with Crippen LogP contribution in [0.1, 0.15) is 22.3 Å². The number of esters is 1. The number of benzene rings is 1. The number of anilines is 5. The van der Waals surface area contributed by atoms with Crippen molar-refractivity contribution in [2.24, 2.45) is 7.05 Å². The fourth-order valence-corrected chi connectivity index (χ4v) is 5.74. The highest BCUT2D eigenvalue weighted by Crippen LogP contribution is 2.33. The molecule has 222 valence electrons. The molecule has 2 unspecified atom stereocenters. The summed E-state index contributed by atoms with van der Waals surface area (Å²) in [7, 11) is 5.46. The van der Waals surface area contributed by atoms with E-state index in [1.165, 1.54) is 25.4 Å². The van der Waals surface area contributed by atoms with Gasteiger partial charge in [-0.3, -0.25) is 14.5 Å². The molecular weight excluding hydrogens is 546 g/mol. The van der Waals surface area contributed by atoms with E-state index in [9.17, 15) is 9.59 Å². The number of hydrogen-bond acceptors (Lipinski definition) is 10. The highest BCUT2D eigenvalue weighted by molar-refractivity contribution is 5.99. The molecule has 0 saturated carbocycles. The van der Waals surface area contributed by atoms with Gasteiger partial charge in [0.25, 0.3) is 5.91 Å². The summed E-state index contributed by atoms with van der Waals surface area (Å²) >= 11 is 0. The van der Waals surface area contributed by atoms with Crippen LogP contribution >= 0.6 is 0 Å². The number of fused-ring (bicyclic) bond motifs is 3. The number of methoxy groups -OCH3 is 1. The van der Waals surface area contributed by atoms with Crippen LogP contribution < -0.4 is 20.9 Å². The van der Waals surface area contributed by atoms with Gasteiger partial charge in [0.05, 0.1) is 24.6 Å². The molecule has 2 atom stereocenters. The molecule has 43 heavy (non-hydrogen) atoms. The number of piperidine rings is 1. The van der Waals surface area contributed by atoms with Crippen molar-refractivity contribution in [1.82, 2.24) is 29.7 Å². The summed E-state index contributed by atoms with van der Waals surface area (Å²) in [4.78, 5) is 43.6. The number of rotatable bonds is 10. The van der Waals surface area contributed by atoms with Crippen molar-refractivity contribution in [3.63, 3.8) is 0 Å². The maximum absolute atomic E-state index is 13.0. The van der Waals surface area contributed by atoms with Crippen molar-refractivity contribution in [2.75, 3.05) is 49.3 Å². The minimum atomic E-state index is -0.353. The Morgan fingerprint density at radius 2 is 1.84 bits per heavy atom. The number of aromatic nitrogens is 4. The Labute approximate surface area is 249 Å². The number of carbonyl (C=O) groups excluding carboxylic acids is 2. The number of piperazine rings is 1. The number of aryl methyl sites for hydroxylation is 1. The molecule has 7 rings (SSSR count). The lowest BCUT2D eigenvalue weighted by molar-refractivity contribution is -0.139. The zero-order chi connectivity index (χ0) is 30.1. The van der Waals surface area contributed by atoms with Crippen molar-refractivity contribution in [1.29, 1.82) is 0 Å². The number of carbonyl (C=O) groups is 2. The fraction of sp³-hybridized carbons (Fsp3) is 0.323. The summed E-state index contributed by atoms with van der Waals surface area (Å²) in [6, 6.07) is 13.2. The lowest BCUT2D eigenvalue weighted by atomic mass is 9.88. The lowest BCUT2D eigenvalue weighted by Crippen LogP contribution is -2.67. The fourth-order valence-electron chi connectivity index (χ4n) is 5.74. The van der Waals surface area contributed by atoms with Crippen LogP contribution in [-0.4, -0.2) is 82.2 Å². The molecule has 6 heterocycles.